The van der Waals surface area contributed by atoms with Gasteiger partial charge >= 0.3 is 0 Å². The van der Waals surface area contributed by atoms with E-state index in [1.165, 1.54) is 11.3 Å². The fourth-order valence-electron chi connectivity index (χ4n) is 0.674. The molecule has 1 rings (SSSR count). The minimum atomic E-state index is -3.51. The summed E-state index contributed by atoms with van der Waals surface area (Å²) in [4.78, 5) is 1.24. The highest BCUT2D eigenvalue weighted by molar-refractivity contribution is 8.13. The smallest absolute Gasteiger partial charge is 0.207 e. The molecule has 0 amide bonds. The van der Waals surface area contributed by atoms with Crippen LogP contribution >= 0.6 is 22.0 Å². The molecule has 0 radical (unpaired) electrons. The van der Waals surface area contributed by atoms with Crippen LogP contribution < -0.4 is 0 Å². The molecule has 0 N–H and O–H groups in total. The predicted molar refractivity (Wildman–Crippen MR) is 46.7 cm³/mol. The average Bonchev–Trinajstić information content (AvgIpc) is 2.32. The molecule has 11 heavy (non-hydrogen) atoms. The standard InChI is InChI=1S/C6H7ClO2S2/c1-2-5-3-6(4-10-5)11(7,8)9/h3-4H,2H2,1H3. The van der Waals surface area contributed by atoms with Gasteiger partial charge in [0, 0.05) is 20.9 Å². The fraction of sp³-hybridized carbons (Fsp3) is 0.333. The molecular weight excluding hydrogens is 204 g/mol. The van der Waals surface area contributed by atoms with Crippen LogP contribution in [0.1, 0.15) is 11.8 Å². The zero-order chi connectivity index (χ0) is 8.48. The molecule has 0 saturated carbocycles. The molecule has 1 aromatic rings. The van der Waals surface area contributed by atoms with E-state index in [0.717, 1.165) is 11.3 Å². The van der Waals surface area contributed by atoms with Crippen LogP contribution in [0.15, 0.2) is 16.3 Å². The zero-order valence-corrected chi connectivity index (χ0v) is 8.26. The van der Waals surface area contributed by atoms with Gasteiger partial charge in [-0.2, -0.15) is 0 Å². The van der Waals surface area contributed by atoms with Crippen molar-refractivity contribution in [3.05, 3.63) is 16.3 Å². The van der Waals surface area contributed by atoms with E-state index in [1.54, 1.807) is 11.4 Å². The van der Waals surface area contributed by atoms with Crippen molar-refractivity contribution in [2.45, 2.75) is 18.2 Å². The maximum absolute atomic E-state index is 10.7. The van der Waals surface area contributed by atoms with Gasteiger partial charge in [0.25, 0.3) is 9.05 Å². The van der Waals surface area contributed by atoms with E-state index in [1.807, 2.05) is 6.92 Å². The van der Waals surface area contributed by atoms with Crippen LogP contribution in [0.5, 0.6) is 0 Å². The molecule has 1 heterocycles. The number of halogens is 1. The molecule has 0 spiro atoms. The first kappa shape index (κ1) is 9.03. The highest BCUT2D eigenvalue weighted by Gasteiger charge is 2.11. The Labute approximate surface area is 74.2 Å². The van der Waals surface area contributed by atoms with E-state index in [-0.39, 0.29) is 4.90 Å². The lowest BCUT2D eigenvalue weighted by atomic mass is 10.4. The van der Waals surface area contributed by atoms with Crippen molar-refractivity contribution in [2.75, 3.05) is 0 Å². The van der Waals surface area contributed by atoms with Gasteiger partial charge in [0.05, 0.1) is 4.90 Å². The fourth-order valence-corrected chi connectivity index (χ4v) is 2.79. The Bertz CT molecular complexity index is 339. The van der Waals surface area contributed by atoms with Gasteiger partial charge in [0.2, 0.25) is 0 Å². The molecule has 5 heteroatoms. The normalized spacial score (nSPS) is 11.8. The molecule has 0 aliphatic rings. The second-order valence-corrected chi connectivity index (χ2v) is 5.60. The van der Waals surface area contributed by atoms with Gasteiger partial charge in [0.15, 0.2) is 0 Å². The van der Waals surface area contributed by atoms with Gasteiger partial charge in [-0.15, -0.1) is 11.3 Å². The number of hydrogen-bond acceptors (Lipinski definition) is 3. The summed E-state index contributed by atoms with van der Waals surface area (Å²) in [7, 11) is 1.60. The van der Waals surface area contributed by atoms with E-state index in [9.17, 15) is 8.42 Å². The van der Waals surface area contributed by atoms with Gasteiger partial charge in [-0.05, 0) is 12.5 Å². The van der Waals surface area contributed by atoms with Gasteiger partial charge in [0.1, 0.15) is 0 Å². The van der Waals surface area contributed by atoms with Crippen molar-refractivity contribution < 1.29 is 8.42 Å². The lowest BCUT2D eigenvalue weighted by molar-refractivity contribution is 0.610. The van der Waals surface area contributed by atoms with Crippen molar-refractivity contribution >= 4 is 31.1 Å². The molecule has 0 aliphatic carbocycles. The summed E-state index contributed by atoms with van der Waals surface area (Å²) in [6.45, 7) is 1.97. The maximum atomic E-state index is 10.7. The maximum Gasteiger partial charge on any atom is 0.262 e. The summed E-state index contributed by atoms with van der Waals surface area (Å²) in [5.74, 6) is 0. The van der Waals surface area contributed by atoms with Crippen LogP contribution in [0.2, 0.25) is 0 Å². The highest BCUT2D eigenvalue weighted by Crippen LogP contribution is 2.22. The molecule has 0 aromatic carbocycles. The van der Waals surface area contributed by atoms with E-state index in [4.69, 9.17) is 10.7 Å². The second-order valence-electron chi connectivity index (χ2n) is 2.04. The molecule has 62 valence electrons. The number of hydrogen-bond donors (Lipinski definition) is 0. The molecule has 0 fully saturated rings. The van der Waals surface area contributed by atoms with Gasteiger partial charge in [-0.25, -0.2) is 8.42 Å². The Morgan fingerprint density at radius 2 is 2.27 bits per heavy atom. The van der Waals surface area contributed by atoms with Gasteiger partial charge in [-0.3, -0.25) is 0 Å². The number of thiophene rings is 1. The van der Waals surface area contributed by atoms with Crippen LogP contribution in [0.3, 0.4) is 0 Å². The first-order chi connectivity index (χ1) is 5.04. The summed E-state index contributed by atoms with van der Waals surface area (Å²) in [6, 6.07) is 1.60. The molecule has 1 aromatic heterocycles. The Balaban J connectivity index is 3.09. The molecule has 0 saturated heterocycles. The number of rotatable bonds is 2. The van der Waals surface area contributed by atoms with Crippen LogP contribution in [-0.2, 0) is 15.5 Å². The van der Waals surface area contributed by atoms with Crippen LogP contribution in [0.25, 0.3) is 0 Å². The summed E-state index contributed by atoms with van der Waals surface area (Å²) < 4.78 is 21.5. The molecule has 0 unspecified atom stereocenters. The summed E-state index contributed by atoms with van der Waals surface area (Å²) in [5, 5.41) is 1.56. The third kappa shape index (κ3) is 2.18. The lowest BCUT2D eigenvalue weighted by Crippen LogP contribution is -1.85. The SMILES string of the molecule is CCc1cc(S(=O)(=O)Cl)cs1. The first-order valence-electron chi connectivity index (χ1n) is 3.06. The first-order valence-corrected chi connectivity index (χ1v) is 6.25. The van der Waals surface area contributed by atoms with Gasteiger partial charge < -0.3 is 0 Å². The molecule has 0 atom stereocenters. The van der Waals surface area contributed by atoms with Crippen LogP contribution in [-0.4, -0.2) is 8.42 Å². The highest BCUT2D eigenvalue weighted by atomic mass is 35.7. The number of aryl methyl sites for hydroxylation is 1. The van der Waals surface area contributed by atoms with Crippen molar-refractivity contribution in [2.24, 2.45) is 0 Å². The monoisotopic (exact) mass is 210 g/mol. The molecule has 0 bridgehead atoms. The third-order valence-corrected chi connectivity index (χ3v) is 3.82. The topological polar surface area (TPSA) is 34.1 Å². The minimum absolute atomic E-state index is 0.209. The van der Waals surface area contributed by atoms with Gasteiger partial charge in [-0.1, -0.05) is 6.92 Å². The van der Waals surface area contributed by atoms with Crippen molar-refractivity contribution in [1.29, 1.82) is 0 Å². The summed E-state index contributed by atoms with van der Waals surface area (Å²) in [5.41, 5.74) is 0. The van der Waals surface area contributed by atoms with E-state index in [2.05, 4.69) is 0 Å². The lowest BCUT2D eigenvalue weighted by Gasteiger charge is -1.85. The Morgan fingerprint density at radius 1 is 1.64 bits per heavy atom. The summed E-state index contributed by atoms with van der Waals surface area (Å²) in [6.07, 6.45) is 0.844. The minimum Gasteiger partial charge on any atom is -0.207 e. The van der Waals surface area contributed by atoms with E-state index >= 15 is 0 Å². The van der Waals surface area contributed by atoms with Crippen molar-refractivity contribution in [1.82, 2.24) is 0 Å². The molecule has 2 nitrogen and oxygen atoms in total. The Morgan fingerprint density at radius 3 is 2.55 bits per heavy atom. The van der Waals surface area contributed by atoms with E-state index in [0.29, 0.717) is 0 Å². The molecule has 0 aliphatic heterocycles. The third-order valence-electron chi connectivity index (χ3n) is 1.26. The average molecular weight is 211 g/mol. The quantitative estimate of drug-likeness (QED) is 0.702. The van der Waals surface area contributed by atoms with Crippen molar-refractivity contribution in [3.63, 3.8) is 0 Å². The van der Waals surface area contributed by atoms with Crippen LogP contribution in [0, 0.1) is 0 Å². The van der Waals surface area contributed by atoms with E-state index < -0.39 is 9.05 Å². The molecular formula is C6H7ClO2S2. The second kappa shape index (κ2) is 3.13. The Hall–Kier alpha value is -0.0600. The predicted octanol–water partition coefficient (Wildman–Crippen LogP) is 2.24. The largest absolute Gasteiger partial charge is 0.262 e. The Kier molecular flexibility index (Phi) is 2.57. The summed E-state index contributed by atoms with van der Waals surface area (Å²) >= 11 is 1.41. The van der Waals surface area contributed by atoms with Crippen LogP contribution in [0.4, 0.5) is 0 Å². The zero-order valence-electron chi connectivity index (χ0n) is 5.87. The van der Waals surface area contributed by atoms with Crippen molar-refractivity contribution in [3.8, 4) is 0 Å².